The fraction of sp³-hybridized carbons (Fsp3) is 0.562. The average Bonchev–Trinajstić information content (AvgIpc) is 2.87. The van der Waals surface area contributed by atoms with E-state index in [1.54, 1.807) is 6.07 Å². The Kier molecular flexibility index (Phi) is 6.37. The van der Waals surface area contributed by atoms with Crippen molar-refractivity contribution >= 4 is 37.1 Å². The highest BCUT2D eigenvalue weighted by Crippen LogP contribution is 2.41. The Morgan fingerprint density at radius 3 is 2.65 bits per heavy atom. The van der Waals surface area contributed by atoms with Gasteiger partial charge in [0.15, 0.2) is 6.79 Å². The number of amidine groups is 1. The van der Waals surface area contributed by atoms with Gasteiger partial charge < -0.3 is 15.2 Å². The molecule has 2 N–H and O–H groups in total. The third kappa shape index (κ3) is 5.38. The van der Waals surface area contributed by atoms with Gasteiger partial charge in [0.2, 0.25) is 0 Å². The first-order valence-corrected chi connectivity index (χ1v) is 12.2. The topological polar surface area (TPSA) is 56.8 Å². The summed E-state index contributed by atoms with van der Waals surface area (Å²) >= 11 is 12.5. The number of hydrogen-bond donors (Lipinski definition) is 1. The minimum absolute atomic E-state index is 0.109. The lowest BCUT2D eigenvalue weighted by atomic mass is 9.96. The van der Waals surface area contributed by atoms with E-state index < -0.39 is 8.07 Å². The van der Waals surface area contributed by atoms with Gasteiger partial charge in [0, 0.05) is 39.1 Å². The monoisotopic (exact) mass is 374 g/mol. The lowest BCUT2D eigenvalue weighted by molar-refractivity contribution is 0.0213. The highest BCUT2D eigenvalue weighted by molar-refractivity contribution is 6.76. The molecule has 7 heteroatoms. The summed E-state index contributed by atoms with van der Waals surface area (Å²) in [5.41, 5.74) is 6.67. The smallest absolute Gasteiger partial charge is 0.189 e. The van der Waals surface area contributed by atoms with Crippen LogP contribution in [0.5, 0.6) is 5.75 Å². The number of nitrogens with zero attached hydrogens (tertiary/aromatic N) is 1. The Bertz CT molecular complexity index is 588. The van der Waals surface area contributed by atoms with Crippen LogP contribution in [0.2, 0.25) is 35.7 Å². The van der Waals surface area contributed by atoms with Gasteiger partial charge >= 0.3 is 0 Å². The van der Waals surface area contributed by atoms with Gasteiger partial charge in [-0.3, -0.25) is 4.99 Å². The molecule has 1 aliphatic heterocycles. The first kappa shape index (κ1) is 18.6. The maximum atomic E-state index is 6.39. The lowest BCUT2D eigenvalue weighted by Gasteiger charge is -2.19. The Morgan fingerprint density at radius 1 is 1.30 bits per heavy atom. The van der Waals surface area contributed by atoms with Crippen LogP contribution in [0.4, 0.5) is 0 Å². The van der Waals surface area contributed by atoms with E-state index in [9.17, 15) is 0 Å². The normalized spacial score (nSPS) is 18.1. The van der Waals surface area contributed by atoms with E-state index >= 15 is 0 Å². The summed E-state index contributed by atoms with van der Waals surface area (Å²) in [6, 6.07) is 4.68. The molecule has 0 saturated heterocycles. The molecule has 4 nitrogen and oxygen atoms in total. The van der Waals surface area contributed by atoms with E-state index in [2.05, 4.69) is 24.6 Å². The molecule has 1 unspecified atom stereocenters. The van der Waals surface area contributed by atoms with Crippen LogP contribution in [0.3, 0.4) is 0 Å². The number of benzene rings is 1. The number of ether oxygens (including phenoxy) is 2. The second kappa shape index (κ2) is 7.88. The van der Waals surface area contributed by atoms with Crippen molar-refractivity contribution in [3.05, 3.63) is 27.7 Å². The maximum Gasteiger partial charge on any atom is 0.189 e. The lowest BCUT2D eigenvalue weighted by Crippen LogP contribution is -2.22. The van der Waals surface area contributed by atoms with Crippen molar-refractivity contribution in [1.82, 2.24) is 0 Å². The minimum Gasteiger partial charge on any atom is -0.467 e. The molecule has 0 aromatic heterocycles. The van der Waals surface area contributed by atoms with Crippen LogP contribution >= 0.6 is 23.2 Å². The summed E-state index contributed by atoms with van der Waals surface area (Å²) in [4.78, 5) is 4.25. The molecule has 1 atom stereocenters. The first-order chi connectivity index (χ1) is 10.8. The quantitative estimate of drug-likeness (QED) is 0.433. The highest BCUT2D eigenvalue weighted by atomic mass is 35.5. The van der Waals surface area contributed by atoms with Gasteiger partial charge in [-0.15, -0.1) is 0 Å². The number of aliphatic imine (C=N–C) groups is 1. The van der Waals surface area contributed by atoms with E-state index in [4.69, 9.17) is 38.4 Å². The highest BCUT2D eigenvalue weighted by Gasteiger charge is 2.26. The molecule has 1 aliphatic rings. The van der Waals surface area contributed by atoms with Gasteiger partial charge in [-0.2, -0.15) is 0 Å². The SMILES string of the molecule is C[Si](C)(C)CCOCOc1ccc(Cl)c(Cl)c1C1CN=C(N)C1. The second-order valence-corrected chi connectivity index (χ2v) is 13.4. The molecule has 1 aromatic rings. The average molecular weight is 375 g/mol. The Labute approximate surface area is 149 Å². The van der Waals surface area contributed by atoms with E-state index in [0.717, 1.165) is 11.6 Å². The van der Waals surface area contributed by atoms with E-state index in [1.165, 1.54) is 0 Å². The standard InChI is InChI=1S/C16H24Cl2N2O2Si/c1-23(2,3)7-6-21-10-22-13-5-4-12(17)16(18)15(13)11-8-14(19)20-9-11/h4-5,11H,6-10H2,1-3H3,(H2,19,20). The Hall–Kier alpha value is -0.753. The molecule has 0 aliphatic carbocycles. The molecule has 23 heavy (non-hydrogen) atoms. The molecule has 0 saturated carbocycles. The van der Waals surface area contributed by atoms with E-state index in [1.807, 2.05) is 6.07 Å². The fourth-order valence-electron chi connectivity index (χ4n) is 2.40. The molecule has 1 heterocycles. The van der Waals surface area contributed by atoms with E-state index in [0.29, 0.717) is 41.2 Å². The van der Waals surface area contributed by atoms with Crippen molar-refractivity contribution in [3.63, 3.8) is 0 Å². The molecule has 2 rings (SSSR count). The largest absolute Gasteiger partial charge is 0.467 e. The van der Waals surface area contributed by atoms with Crippen molar-refractivity contribution in [3.8, 4) is 5.75 Å². The molecule has 0 radical (unpaired) electrons. The third-order valence-electron chi connectivity index (χ3n) is 3.77. The van der Waals surface area contributed by atoms with Crippen molar-refractivity contribution in [1.29, 1.82) is 0 Å². The number of rotatable bonds is 7. The predicted molar refractivity (Wildman–Crippen MR) is 99.9 cm³/mol. The molecule has 0 bridgehead atoms. The fourth-order valence-corrected chi connectivity index (χ4v) is 3.63. The van der Waals surface area contributed by atoms with Crippen LogP contribution in [-0.2, 0) is 4.74 Å². The van der Waals surface area contributed by atoms with Gasteiger partial charge in [-0.25, -0.2) is 0 Å². The minimum atomic E-state index is -1.09. The van der Waals surface area contributed by atoms with Crippen LogP contribution in [0.15, 0.2) is 17.1 Å². The molecular weight excluding hydrogens is 351 g/mol. The van der Waals surface area contributed by atoms with Crippen LogP contribution in [0.1, 0.15) is 17.9 Å². The maximum absolute atomic E-state index is 6.39. The van der Waals surface area contributed by atoms with Crippen molar-refractivity contribution < 1.29 is 9.47 Å². The summed E-state index contributed by atoms with van der Waals surface area (Å²) in [5.74, 6) is 1.45. The number of halogens is 2. The van der Waals surface area contributed by atoms with Crippen LogP contribution in [0.25, 0.3) is 0 Å². The summed E-state index contributed by atoms with van der Waals surface area (Å²) in [6.45, 7) is 8.49. The van der Waals surface area contributed by atoms with Gasteiger partial charge in [0.1, 0.15) is 5.75 Å². The second-order valence-electron chi connectivity index (χ2n) is 6.99. The molecule has 0 amide bonds. The summed E-state index contributed by atoms with van der Waals surface area (Å²) in [6.07, 6.45) is 0.674. The first-order valence-electron chi connectivity index (χ1n) is 7.75. The number of hydrogen-bond acceptors (Lipinski definition) is 4. The molecular formula is C16H24Cl2N2O2Si. The van der Waals surface area contributed by atoms with Gasteiger partial charge in [-0.05, 0) is 18.2 Å². The third-order valence-corrected chi connectivity index (χ3v) is 6.29. The molecule has 0 spiro atoms. The Balaban J connectivity index is 2.00. The Morgan fingerprint density at radius 2 is 2.04 bits per heavy atom. The molecule has 128 valence electrons. The van der Waals surface area contributed by atoms with Gasteiger partial charge in [0.25, 0.3) is 0 Å². The van der Waals surface area contributed by atoms with Crippen LogP contribution in [0, 0.1) is 0 Å². The summed E-state index contributed by atoms with van der Waals surface area (Å²) < 4.78 is 11.4. The van der Waals surface area contributed by atoms with Gasteiger partial charge in [0.05, 0.1) is 15.9 Å². The zero-order valence-corrected chi connectivity index (χ0v) is 16.4. The molecule has 1 aromatic carbocycles. The summed E-state index contributed by atoms with van der Waals surface area (Å²) in [5, 5.41) is 1.03. The van der Waals surface area contributed by atoms with E-state index in [-0.39, 0.29) is 12.7 Å². The van der Waals surface area contributed by atoms with Gasteiger partial charge in [-0.1, -0.05) is 42.8 Å². The number of nitrogens with two attached hydrogens (primary N) is 1. The van der Waals surface area contributed by atoms with Crippen LogP contribution < -0.4 is 10.5 Å². The summed E-state index contributed by atoms with van der Waals surface area (Å²) in [7, 11) is -1.09. The predicted octanol–water partition coefficient (Wildman–Crippen LogP) is 4.53. The van der Waals surface area contributed by atoms with Crippen molar-refractivity contribution in [2.45, 2.75) is 38.0 Å². The van der Waals surface area contributed by atoms with Crippen molar-refractivity contribution in [2.24, 2.45) is 10.7 Å². The van der Waals surface area contributed by atoms with Crippen LogP contribution in [-0.4, -0.2) is 33.9 Å². The zero-order chi connectivity index (χ0) is 17.0. The molecule has 0 fully saturated rings. The zero-order valence-electron chi connectivity index (χ0n) is 13.9. The van der Waals surface area contributed by atoms with Crippen molar-refractivity contribution in [2.75, 3.05) is 19.9 Å².